The molecule has 2 heterocycles. The Kier molecular flexibility index (Phi) is 3.90. The van der Waals surface area contributed by atoms with E-state index in [0.29, 0.717) is 0 Å². The molecule has 1 aromatic rings. The van der Waals surface area contributed by atoms with Gasteiger partial charge in [-0.15, -0.1) is 0 Å². The smallest absolute Gasteiger partial charge is 0.131 e. The molecule has 2 atom stereocenters. The summed E-state index contributed by atoms with van der Waals surface area (Å²) in [6, 6.07) is 7.15. The van der Waals surface area contributed by atoms with Crippen molar-refractivity contribution in [2.45, 2.75) is 51.5 Å². The molecule has 2 aliphatic rings. The van der Waals surface area contributed by atoms with Gasteiger partial charge in [-0.05, 0) is 50.2 Å². The van der Waals surface area contributed by atoms with Crippen LogP contribution in [-0.2, 0) is 0 Å². The predicted molar refractivity (Wildman–Crippen MR) is 80.7 cm³/mol. The van der Waals surface area contributed by atoms with Crippen LogP contribution in [0.1, 0.15) is 45.4 Å². The topological polar surface area (TPSA) is 28.2 Å². The zero-order valence-corrected chi connectivity index (χ0v) is 11.9. The highest BCUT2D eigenvalue weighted by Crippen LogP contribution is 2.38. The van der Waals surface area contributed by atoms with Gasteiger partial charge in [0.05, 0.1) is 0 Å². The van der Waals surface area contributed by atoms with Crippen LogP contribution >= 0.6 is 0 Å². The standard InChI is InChI=1S/C16H25N3/c1-2-11-17-15-9-4-10-16(18-15)19-12-5-7-13-6-3-8-14(13)19/h4,9-10,13-14H,2-3,5-8,11-12H2,1H3,(H,17,18). The van der Waals surface area contributed by atoms with Gasteiger partial charge in [-0.1, -0.05) is 19.4 Å². The van der Waals surface area contributed by atoms with E-state index in [1.165, 1.54) is 44.5 Å². The molecule has 1 aliphatic carbocycles. The third kappa shape index (κ3) is 2.70. The molecule has 1 aromatic heterocycles. The molecule has 19 heavy (non-hydrogen) atoms. The maximum Gasteiger partial charge on any atom is 0.131 e. The summed E-state index contributed by atoms with van der Waals surface area (Å²) in [5.41, 5.74) is 0. The second kappa shape index (κ2) is 5.81. The second-order valence-electron chi connectivity index (χ2n) is 5.90. The Bertz CT molecular complexity index is 418. The fourth-order valence-electron chi connectivity index (χ4n) is 3.67. The molecule has 2 unspecified atom stereocenters. The molecule has 2 fully saturated rings. The molecule has 0 aromatic carbocycles. The fraction of sp³-hybridized carbons (Fsp3) is 0.688. The Morgan fingerprint density at radius 3 is 3.05 bits per heavy atom. The van der Waals surface area contributed by atoms with Crippen LogP contribution in [0.3, 0.4) is 0 Å². The Balaban J connectivity index is 1.76. The number of nitrogens with one attached hydrogen (secondary N) is 1. The summed E-state index contributed by atoms with van der Waals surface area (Å²) < 4.78 is 0. The van der Waals surface area contributed by atoms with E-state index in [4.69, 9.17) is 4.98 Å². The molecular weight excluding hydrogens is 234 g/mol. The number of hydrogen-bond donors (Lipinski definition) is 1. The predicted octanol–water partition coefficient (Wildman–Crippen LogP) is 3.67. The van der Waals surface area contributed by atoms with E-state index < -0.39 is 0 Å². The van der Waals surface area contributed by atoms with Crippen molar-refractivity contribution in [2.24, 2.45) is 5.92 Å². The Hall–Kier alpha value is -1.25. The number of hydrogen-bond acceptors (Lipinski definition) is 3. The normalized spacial score (nSPS) is 26.3. The van der Waals surface area contributed by atoms with E-state index in [2.05, 4.69) is 35.3 Å². The van der Waals surface area contributed by atoms with E-state index in [9.17, 15) is 0 Å². The van der Waals surface area contributed by atoms with Crippen LogP contribution in [0.15, 0.2) is 18.2 Å². The number of anilines is 2. The van der Waals surface area contributed by atoms with Gasteiger partial charge in [-0.2, -0.15) is 0 Å². The summed E-state index contributed by atoms with van der Waals surface area (Å²) in [5, 5.41) is 3.40. The van der Waals surface area contributed by atoms with Gasteiger partial charge in [-0.3, -0.25) is 0 Å². The molecule has 104 valence electrons. The number of rotatable bonds is 4. The molecule has 3 heteroatoms. The zero-order valence-electron chi connectivity index (χ0n) is 11.9. The summed E-state index contributed by atoms with van der Waals surface area (Å²) >= 11 is 0. The van der Waals surface area contributed by atoms with Crippen LogP contribution in [0.2, 0.25) is 0 Å². The van der Waals surface area contributed by atoms with Crippen molar-refractivity contribution in [3.05, 3.63) is 18.2 Å². The van der Waals surface area contributed by atoms with Gasteiger partial charge in [0.15, 0.2) is 0 Å². The van der Waals surface area contributed by atoms with Gasteiger partial charge in [0.2, 0.25) is 0 Å². The highest BCUT2D eigenvalue weighted by Gasteiger charge is 2.35. The van der Waals surface area contributed by atoms with Gasteiger partial charge in [-0.25, -0.2) is 4.98 Å². The van der Waals surface area contributed by atoms with Gasteiger partial charge in [0, 0.05) is 19.1 Å². The quantitative estimate of drug-likeness (QED) is 0.894. The van der Waals surface area contributed by atoms with Crippen molar-refractivity contribution in [1.82, 2.24) is 4.98 Å². The summed E-state index contributed by atoms with van der Waals surface area (Å²) in [5.74, 6) is 3.12. The van der Waals surface area contributed by atoms with Crippen LogP contribution in [-0.4, -0.2) is 24.1 Å². The van der Waals surface area contributed by atoms with E-state index in [1.807, 2.05) is 0 Å². The third-order valence-corrected chi connectivity index (χ3v) is 4.58. The number of fused-ring (bicyclic) bond motifs is 1. The lowest BCUT2D eigenvalue weighted by Gasteiger charge is -2.38. The molecule has 0 bridgehead atoms. The number of nitrogens with zero attached hydrogens (tertiary/aromatic N) is 2. The first kappa shape index (κ1) is 12.8. The SMILES string of the molecule is CCCNc1cccc(N2CCCC3CCCC32)n1. The number of aromatic nitrogens is 1. The van der Waals surface area contributed by atoms with Gasteiger partial charge in [0.1, 0.15) is 11.6 Å². The fourth-order valence-corrected chi connectivity index (χ4v) is 3.67. The van der Waals surface area contributed by atoms with Crippen LogP contribution in [0.4, 0.5) is 11.6 Å². The Morgan fingerprint density at radius 1 is 1.26 bits per heavy atom. The largest absolute Gasteiger partial charge is 0.370 e. The van der Waals surface area contributed by atoms with E-state index in [0.717, 1.165) is 30.7 Å². The minimum atomic E-state index is 0.752. The number of pyridine rings is 1. The van der Waals surface area contributed by atoms with Gasteiger partial charge >= 0.3 is 0 Å². The second-order valence-corrected chi connectivity index (χ2v) is 5.90. The van der Waals surface area contributed by atoms with E-state index >= 15 is 0 Å². The summed E-state index contributed by atoms with van der Waals surface area (Å²) in [6.45, 7) is 4.37. The first-order chi connectivity index (χ1) is 9.38. The lowest BCUT2D eigenvalue weighted by Crippen LogP contribution is -2.43. The molecular formula is C16H25N3. The Morgan fingerprint density at radius 2 is 2.16 bits per heavy atom. The maximum absolute atomic E-state index is 4.81. The molecule has 1 N–H and O–H groups in total. The first-order valence-electron chi connectivity index (χ1n) is 7.86. The molecule has 1 saturated heterocycles. The summed E-state index contributed by atoms with van der Waals surface area (Å²) in [4.78, 5) is 7.38. The molecule has 1 saturated carbocycles. The molecule has 3 rings (SSSR count). The maximum atomic E-state index is 4.81. The van der Waals surface area contributed by atoms with Crippen LogP contribution in [0.5, 0.6) is 0 Å². The zero-order chi connectivity index (χ0) is 13.1. The third-order valence-electron chi connectivity index (χ3n) is 4.58. The van der Waals surface area contributed by atoms with Crippen molar-refractivity contribution in [1.29, 1.82) is 0 Å². The van der Waals surface area contributed by atoms with Crippen molar-refractivity contribution in [2.75, 3.05) is 23.3 Å². The van der Waals surface area contributed by atoms with Crippen molar-refractivity contribution in [3.8, 4) is 0 Å². The van der Waals surface area contributed by atoms with Crippen LogP contribution in [0, 0.1) is 5.92 Å². The monoisotopic (exact) mass is 259 g/mol. The molecule has 0 spiro atoms. The molecule has 0 radical (unpaired) electrons. The van der Waals surface area contributed by atoms with Crippen molar-refractivity contribution in [3.63, 3.8) is 0 Å². The average molecular weight is 259 g/mol. The Labute approximate surface area is 116 Å². The highest BCUT2D eigenvalue weighted by atomic mass is 15.2. The van der Waals surface area contributed by atoms with Crippen molar-refractivity contribution < 1.29 is 0 Å². The molecule has 1 aliphatic heterocycles. The van der Waals surface area contributed by atoms with Crippen molar-refractivity contribution >= 4 is 11.6 Å². The summed E-state index contributed by atoms with van der Waals surface area (Å²) in [7, 11) is 0. The highest BCUT2D eigenvalue weighted by molar-refractivity contribution is 5.48. The molecule has 3 nitrogen and oxygen atoms in total. The van der Waals surface area contributed by atoms with Crippen LogP contribution < -0.4 is 10.2 Å². The van der Waals surface area contributed by atoms with Gasteiger partial charge < -0.3 is 10.2 Å². The first-order valence-corrected chi connectivity index (χ1v) is 7.86. The van der Waals surface area contributed by atoms with E-state index in [1.54, 1.807) is 0 Å². The number of piperidine rings is 1. The van der Waals surface area contributed by atoms with E-state index in [-0.39, 0.29) is 0 Å². The minimum absolute atomic E-state index is 0.752. The molecule has 0 amide bonds. The summed E-state index contributed by atoms with van der Waals surface area (Å²) in [6.07, 6.45) is 8.08. The minimum Gasteiger partial charge on any atom is -0.370 e. The van der Waals surface area contributed by atoms with Gasteiger partial charge in [0.25, 0.3) is 0 Å². The van der Waals surface area contributed by atoms with Crippen LogP contribution in [0.25, 0.3) is 0 Å². The lowest BCUT2D eigenvalue weighted by molar-refractivity contribution is 0.360. The lowest BCUT2D eigenvalue weighted by atomic mass is 9.92. The average Bonchev–Trinajstić information content (AvgIpc) is 2.93.